The number of fused-ring (bicyclic) bond motifs is 4. The molecule has 1 atom stereocenters. The van der Waals surface area contributed by atoms with E-state index in [0.717, 1.165) is 40.5 Å². The van der Waals surface area contributed by atoms with Crippen LogP contribution >= 0.6 is 0 Å². The van der Waals surface area contributed by atoms with Crippen LogP contribution in [0, 0.1) is 5.92 Å². The molecule has 0 bridgehead atoms. The highest BCUT2D eigenvalue weighted by Crippen LogP contribution is 2.42. The summed E-state index contributed by atoms with van der Waals surface area (Å²) < 4.78 is 13.2. The topological polar surface area (TPSA) is 90.5 Å². The first-order valence-corrected chi connectivity index (χ1v) is 11.3. The number of rotatable bonds is 4. The van der Waals surface area contributed by atoms with E-state index in [0.29, 0.717) is 35.3 Å². The Morgan fingerprint density at radius 2 is 1.79 bits per heavy atom. The number of hydrogen-bond donors (Lipinski definition) is 1. The lowest BCUT2D eigenvalue weighted by Crippen LogP contribution is -2.25. The number of furan rings is 1. The molecule has 2 aliphatic rings. The van der Waals surface area contributed by atoms with Crippen molar-refractivity contribution in [3.63, 3.8) is 0 Å². The number of esters is 1. The lowest BCUT2D eigenvalue weighted by molar-refractivity contribution is -0.142. The van der Waals surface area contributed by atoms with Crippen LogP contribution in [0.2, 0.25) is 0 Å². The molecule has 2 aromatic heterocycles. The first-order valence-electron chi connectivity index (χ1n) is 11.3. The van der Waals surface area contributed by atoms with Crippen LogP contribution in [-0.4, -0.2) is 29.0 Å². The molecule has 0 spiro atoms. The van der Waals surface area contributed by atoms with Gasteiger partial charge in [0.05, 0.1) is 24.0 Å². The maximum Gasteiger partial charge on any atom is 0.302 e. The second-order valence-electron chi connectivity index (χ2n) is 8.83. The summed E-state index contributed by atoms with van der Waals surface area (Å²) in [6, 6.07) is 15.4. The molecule has 170 valence electrons. The fourth-order valence-corrected chi connectivity index (χ4v) is 5.29. The first-order chi connectivity index (χ1) is 16.5. The molecule has 0 fully saturated rings. The largest absolute Gasteiger partial charge is 0.466 e. The quantitative estimate of drug-likeness (QED) is 0.371. The van der Waals surface area contributed by atoms with Crippen LogP contribution in [0.25, 0.3) is 33.0 Å². The second kappa shape index (κ2) is 7.73. The van der Waals surface area contributed by atoms with E-state index in [1.165, 1.54) is 6.92 Å². The minimum absolute atomic E-state index is 0.137. The van der Waals surface area contributed by atoms with E-state index >= 15 is 0 Å². The zero-order chi connectivity index (χ0) is 23.4. The van der Waals surface area contributed by atoms with Gasteiger partial charge < -0.3 is 13.7 Å². The van der Waals surface area contributed by atoms with Crippen molar-refractivity contribution in [1.82, 2.24) is 9.88 Å². The number of carbonyl (C=O) groups is 3. The molecule has 2 amide bonds. The Bertz CT molecular complexity index is 1540. The summed E-state index contributed by atoms with van der Waals surface area (Å²) in [5, 5.41) is 4.22. The molecule has 34 heavy (non-hydrogen) atoms. The van der Waals surface area contributed by atoms with Gasteiger partial charge in [0, 0.05) is 52.5 Å². The summed E-state index contributed by atoms with van der Waals surface area (Å²) in [5.74, 6) is -1.00. The van der Waals surface area contributed by atoms with Gasteiger partial charge in [-0.3, -0.25) is 19.7 Å². The van der Waals surface area contributed by atoms with Gasteiger partial charge in [-0.1, -0.05) is 36.4 Å². The van der Waals surface area contributed by atoms with Crippen LogP contribution in [0.5, 0.6) is 0 Å². The number of hydrogen-bond acceptors (Lipinski definition) is 5. The van der Waals surface area contributed by atoms with Gasteiger partial charge in [0.2, 0.25) is 0 Å². The van der Waals surface area contributed by atoms with E-state index < -0.39 is 11.8 Å². The van der Waals surface area contributed by atoms with Crippen LogP contribution in [-0.2, 0) is 32.1 Å². The van der Waals surface area contributed by atoms with Crippen LogP contribution in [0.4, 0.5) is 0 Å². The van der Waals surface area contributed by atoms with Crippen molar-refractivity contribution in [3.05, 3.63) is 71.6 Å². The molecule has 7 nitrogen and oxygen atoms in total. The number of ether oxygens (including phenoxy) is 1. The molecule has 2 aliphatic heterocycles. The zero-order valence-corrected chi connectivity index (χ0v) is 18.6. The predicted molar refractivity (Wildman–Crippen MR) is 127 cm³/mol. The van der Waals surface area contributed by atoms with Gasteiger partial charge in [-0.25, -0.2) is 0 Å². The van der Waals surface area contributed by atoms with Gasteiger partial charge in [0.1, 0.15) is 5.58 Å². The lowest BCUT2D eigenvalue weighted by Gasteiger charge is -2.25. The van der Waals surface area contributed by atoms with E-state index in [-0.39, 0.29) is 11.9 Å². The summed E-state index contributed by atoms with van der Waals surface area (Å²) in [5.41, 5.74) is 4.73. The summed E-state index contributed by atoms with van der Waals surface area (Å²) in [6.45, 7) is 2.49. The Labute approximate surface area is 195 Å². The van der Waals surface area contributed by atoms with Crippen molar-refractivity contribution in [1.29, 1.82) is 0 Å². The number of para-hydroxylation sites is 2. The van der Waals surface area contributed by atoms with Crippen LogP contribution < -0.4 is 5.32 Å². The number of aryl methyl sites for hydroxylation is 1. The van der Waals surface area contributed by atoms with E-state index in [2.05, 4.69) is 9.88 Å². The van der Waals surface area contributed by atoms with Crippen LogP contribution in [0.15, 0.2) is 59.2 Å². The SMILES string of the molecule is CC(=O)OCC1CCn2c(c(C3=C(c4coc5ccccc45)C(=O)NC3=O)c3ccccc32)C1. The highest BCUT2D eigenvalue weighted by atomic mass is 16.5. The number of benzene rings is 2. The predicted octanol–water partition coefficient (Wildman–Crippen LogP) is 4.08. The number of imide groups is 1. The molecule has 4 aromatic rings. The van der Waals surface area contributed by atoms with Crippen molar-refractivity contribution in [3.8, 4) is 0 Å². The smallest absolute Gasteiger partial charge is 0.302 e. The molecule has 0 radical (unpaired) electrons. The fraction of sp³-hybridized carbons (Fsp3) is 0.222. The molecule has 4 heterocycles. The number of carbonyl (C=O) groups excluding carboxylic acids is 3. The Balaban J connectivity index is 1.59. The number of aromatic nitrogens is 1. The van der Waals surface area contributed by atoms with Crippen molar-refractivity contribution in [2.24, 2.45) is 5.92 Å². The minimum Gasteiger partial charge on any atom is -0.466 e. The maximum atomic E-state index is 13.3. The van der Waals surface area contributed by atoms with Crippen molar-refractivity contribution in [2.75, 3.05) is 6.61 Å². The first kappa shape index (κ1) is 20.5. The number of amides is 2. The van der Waals surface area contributed by atoms with E-state index in [1.807, 2.05) is 48.5 Å². The Kier molecular flexibility index (Phi) is 4.65. The Morgan fingerprint density at radius 3 is 2.62 bits per heavy atom. The van der Waals surface area contributed by atoms with Gasteiger partial charge in [-0.15, -0.1) is 0 Å². The van der Waals surface area contributed by atoms with Gasteiger partial charge >= 0.3 is 5.97 Å². The average molecular weight is 454 g/mol. The monoisotopic (exact) mass is 454 g/mol. The molecule has 2 aromatic carbocycles. The van der Waals surface area contributed by atoms with Gasteiger partial charge in [-0.05, 0) is 25.0 Å². The third-order valence-corrected chi connectivity index (χ3v) is 6.78. The summed E-state index contributed by atoms with van der Waals surface area (Å²) in [6.07, 6.45) is 3.05. The number of nitrogens with zero attached hydrogens (tertiary/aromatic N) is 1. The van der Waals surface area contributed by atoms with Gasteiger partial charge in [-0.2, -0.15) is 0 Å². The molecule has 1 N–H and O–H groups in total. The van der Waals surface area contributed by atoms with Crippen molar-refractivity contribution in [2.45, 2.75) is 26.3 Å². The molecule has 0 saturated carbocycles. The Hall–Kier alpha value is -4.13. The lowest BCUT2D eigenvalue weighted by atomic mass is 9.89. The third kappa shape index (κ3) is 3.08. The van der Waals surface area contributed by atoms with Crippen LogP contribution in [0.1, 0.15) is 30.2 Å². The standard InChI is InChI=1S/C27H22N2O5/c1-15(30)33-13-16-10-11-29-20-8-4-2-7-18(20)23(21(29)12-16)25-24(26(31)28-27(25)32)19-14-34-22-9-5-3-6-17(19)22/h2-9,14,16H,10-13H2,1H3,(H,28,31,32). The highest BCUT2D eigenvalue weighted by Gasteiger charge is 2.38. The summed E-state index contributed by atoms with van der Waals surface area (Å²) in [7, 11) is 0. The molecule has 0 saturated heterocycles. The molecule has 7 heteroatoms. The second-order valence-corrected chi connectivity index (χ2v) is 8.83. The number of nitrogens with one attached hydrogen (secondary N) is 1. The fourth-order valence-electron chi connectivity index (χ4n) is 5.29. The van der Waals surface area contributed by atoms with E-state index in [1.54, 1.807) is 6.26 Å². The molecule has 1 unspecified atom stereocenters. The van der Waals surface area contributed by atoms with Crippen molar-refractivity contribution < 1.29 is 23.5 Å². The summed E-state index contributed by atoms with van der Waals surface area (Å²) in [4.78, 5) is 37.7. The van der Waals surface area contributed by atoms with Gasteiger partial charge in [0.25, 0.3) is 11.8 Å². The van der Waals surface area contributed by atoms with Crippen molar-refractivity contribution >= 4 is 50.8 Å². The van der Waals surface area contributed by atoms with Crippen LogP contribution in [0.3, 0.4) is 0 Å². The molecular weight excluding hydrogens is 432 g/mol. The molecule has 6 rings (SSSR count). The average Bonchev–Trinajstić information content (AvgIpc) is 3.48. The highest BCUT2D eigenvalue weighted by molar-refractivity contribution is 6.51. The molecular formula is C27H22N2O5. The van der Waals surface area contributed by atoms with E-state index in [4.69, 9.17) is 9.15 Å². The Morgan fingerprint density at radius 1 is 1.06 bits per heavy atom. The third-order valence-electron chi connectivity index (χ3n) is 6.78. The zero-order valence-electron chi connectivity index (χ0n) is 18.6. The maximum absolute atomic E-state index is 13.3. The summed E-state index contributed by atoms with van der Waals surface area (Å²) >= 11 is 0. The van der Waals surface area contributed by atoms with Gasteiger partial charge in [0.15, 0.2) is 0 Å². The molecule has 0 aliphatic carbocycles. The minimum atomic E-state index is -0.428. The van der Waals surface area contributed by atoms with E-state index in [9.17, 15) is 14.4 Å². The normalized spacial score (nSPS) is 18.0.